The molecular weight excluding hydrogens is 260 g/mol. The summed E-state index contributed by atoms with van der Waals surface area (Å²) < 4.78 is 1.37. The van der Waals surface area contributed by atoms with Gasteiger partial charge in [0.2, 0.25) is 0 Å². The van der Waals surface area contributed by atoms with Crippen LogP contribution in [0.4, 0.5) is 0 Å². The molecule has 0 aliphatic heterocycles. The van der Waals surface area contributed by atoms with E-state index in [4.69, 9.17) is 5.84 Å². The van der Waals surface area contributed by atoms with Gasteiger partial charge in [0.25, 0.3) is 5.56 Å². The summed E-state index contributed by atoms with van der Waals surface area (Å²) in [5.41, 5.74) is 4.17. The van der Waals surface area contributed by atoms with Crippen molar-refractivity contribution in [2.24, 2.45) is 0 Å². The number of aromatic nitrogens is 1. The van der Waals surface area contributed by atoms with Crippen LogP contribution < -0.4 is 11.4 Å². The fraction of sp³-hybridized carbons (Fsp3) is 0.389. The molecule has 1 aliphatic rings. The Morgan fingerprint density at radius 3 is 2.43 bits per heavy atom. The molecule has 1 heterocycles. The molecule has 110 valence electrons. The quantitative estimate of drug-likeness (QED) is 0.856. The lowest BCUT2D eigenvalue weighted by atomic mass is 9.83. The summed E-state index contributed by atoms with van der Waals surface area (Å²) in [5.74, 6) is 6.48. The first-order valence-electron chi connectivity index (χ1n) is 7.75. The molecule has 1 fully saturated rings. The van der Waals surface area contributed by atoms with Crippen LogP contribution in [0, 0.1) is 6.92 Å². The molecule has 0 saturated heterocycles. The van der Waals surface area contributed by atoms with Gasteiger partial charge in [-0.05, 0) is 36.5 Å². The van der Waals surface area contributed by atoms with Crippen LogP contribution in [-0.4, -0.2) is 4.68 Å². The number of pyridine rings is 1. The summed E-state index contributed by atoms with van der Waals surface area (Å²) in [6.07, 6.45) is 6.02. The lowest BCUT2D eigenvalue weighted by molar-refractivity contribution is 0.427. The van der Waals surface area contributed by atoms with E-state index in [0.29, 0.717) is 5.92 Å². The maximum Gasteiger partial charge on any atom is 0.269 e. The standard InChI is InChI=1S/C18H22N2O/c1-13-16(14-8-4-2-5-9-14)12-17(21)20(19)18(13)15-10-6-3-7-11-15/h2,4-5,8-9,12,15H,3,6-7,10-11,19H2,1H3. The van der Waals surface area contributed by atoms with Gasteiger partial charge in [0.05, 0.1) is 0 Å². The van der Waals surface area contributed by atoms with Gasteiger partial charge in [-0.25, -0.2) is 4.68 Å². The predicted octanol–water partition coefficient (Wildman–Crippen LogP) is 3.59. The van der Waals surface area contributed by atoms with Crippen molar-refractivity contribution < 1.29 is 0 Å². The van der Waals surface area contributed by atoms with Gasteiger partial charge in [0.15, 0.2) is 0 Å². The van der Waals surface area contributed by atoms with Gasteiger partial charge in [0.1, 0.15) is 0 Å². The van der Waals surface area contributed by atoms with Gasteiger partial charge < -0.3 is 5.84 Å². The van der Waals surface area contributed by atoms with Gasteiger partial charge in [-0.3, -0.25) is 4.79 Å². The first-order valence-corrected chi connectivity index (χ1v) is 7.75. The van der Waals surface area contributed by atoms with Crippen LogP contribution in [-0.2, 0) is 0 Å². The smallest absolute Gasteiger partial charge is 0.269 e. The van der Waals surface area contributed by atoms with Crippen LogP contribution in [0.3, 0.4) is 0 Å². The minimum absolute atomic E-state index is 0.111. The molecule has 0 unspecified atom stereocenters. The lowest BCUT2D eigenvalue weighted by Gasteiger charge is -2.26. The molecule has 21 heavy (non-hydrogen) atoms. The van der Waals surface area contributed by atoms with Crippen LogP contribution in [0.25, 0.3) is 11.1 Å². The summed E-state index contributed by atoms with van der Waals surface area (Å²) >= 11 is 0. The van der Waals surface area contributed by atoms with Gasteiger partial charge in [0, 0.05) is 17.7 Å². The van der Waals surface area contributed by atoms with Crippen LogP contribution in [0.5, 0.6) is 0 Å². The Morgan fingerprint density at radius 2 is 1.76 bits per heavy atom. The molecule has 1 aromatic heterocycles. The predicted molar refractivity (Wildman–Crippen MR) is 86.9 cm³/mol. The molecular formula is C18H22N2O. The highest BCUT2D eigenvalue weighted by Crippen LogP contribution is 2.35. The molecule has 0 atom stereocenters. The lowest BCUT2D eigenvalue weighted by Crippen LogP contribution is -2.32. The fourth-order valence-corrected chi connectivity index (χ4v) is 3.54. The van der Waals surface area contributed by atoms with E-state index < -0.39 is 0 Å². The van der Waals surface area contributed by atoms with E-state index >= 15 is 0 Å². The molecule has 2 aromatic rings. The molecule has 2 N–H and O–H groups in total. The average molecular weight is 282 g/mol. The molecule has 1 aliphatic carbocycles. The summed E-state index contributed by atoms with van der Waals surface area (Å²) in [6, 6.07) is 11.8. The van der Waals surface area contributed by atoms with E-state index in [1.54, 1.807) is 6.07 Å². The second-order valence-corrected chi connectivity index (χ2v) is 5.98. The van der Waals surface area contributed by atoms with E-state index in [1.165, 1.54) is 23.9 Å². The molecule has 0 amide bonds. The topological polar surface area (TPSA) is 48.0 Å². The minimum Gasteiger partial charge on any atom is -0.336 e. The molecule has 0 bridgehead atoms. The van der Waals surface area contributed by atoms with Crippen LogP contribution in [0.1, 0.15) is 49.3 Å². The number of nitrogens with zero attached hydrogens (tertiary/aromatic N) is 1. The highest BCUT2D eigenvalue weighted by molar-refractivity contribution is 5.67. The van der Waals surface area contributed by atoms with Crippen molar-refractivity contribution in [1.82, 2.24) is 4.68 Å². The third kappa shape index (κ3) is 2.60. The highest BCUT2D eigenvalue weighted by atomic mass is 16.1. The molecule has 3 nitrogen and oxygen atoms in total. The van der Waals surface area contributed by atoms with E-state index in [-0.39, 0.29) is 5.56 Å². The van der Waals surface area contributed by atoms with Gasteiger partial charge >= 0.3 is 0 Å². The monoisotopic (exact) mass is 282 g/mol. The van der Waals surface area contributed by atoms with Gasteiger partial charge in [-0.1, -0.05) is 49.6 Å². The van der Waals surface area contributed by atoms with Crippen LogP contribution in [0.15, 0.2) is 41.2 Å². The third-order valence-electron chi connectivity index (χ3n) is 4.63. The SMILES string of the molecule is Cc1c(-c2ccccc2)cc(=O)n(N)c1C1CCCCC1. The molecule has 0 radical (unpaired) electrons. The Labute approximate surface area is 125 Å². The van der Waals surface area contributed by atoms with E-state index in [0.717, 1.165) is 35.2 Å². The summed E-state index contributed by atoms with van der Waals surface area (Å²) in [5, 5.41) is 0. The number of hydrogen-bond donors (Lipinski definition) is 1. The van der Waals surface area contributed by atoms with Crippen LogP contribution in [0.2, 0.25) is 0 Å². The number of benzene rings is 1. The van der Waals surface area contributed by atoms with E-state index in [1.807, 2.05) is 30.3 Å². The number of nitrogens with two attached hydrogens (primary N) is 1. The second kappa shape index (κ2) is 5.76. The fourth-order valence-electron chi connectivity index (χ4n) is 3.54. The van der Waals surface area contributed by atoms with Gasteiger partial charge in [-0.15, -0.1) is 0 Å². The molecule has 1 aromatic carbocycles. The summed E-state index contributed by atoms with van der Waals surface area (Å²) in [4.78, 5) is 12.3. The Kier molecular flexibility index (Phi) is 3.82. The Balaban J connectivity index is 2.15. The Bertz CT molecular complexity index is 682. The van der Waals surface area contributed by atoms with Crippen molar-refractivity contribution in [2.75, 3.05) is 5.84 Å². The van der Waals surface area contributed by atoms with E-state index in [2.05, 4.69) is 6.92 Å². The Morgan fingerprint density at radius 1 is 1.10 bits per heavy atom. The zero-order valence-electron chi connectivity index (χ0n) is 12.5. The van der Waals surface area contributed by atoms with E-state index in [9.17, 15) is 4.79 Å². The van der Waals surface area contributed by atoms with Crippen molar-refractivity contribution in [3.63, 3.8) is 0 Å². The summed E-state index contributed by atoms with van der Waals surface area (Å²) in [6.45, 7) is 2.09. The average Bonchev–Trinajstić information content (AvgIpc) is 2.53. The largest absolute Gasteiger partial charge is 0.336 e. The zero-order chi connectivity index (χ0) is 14.8. The molecule has 1 saturated carbocycles. The van der Waals surface area contributed by atoms with Crippen molar-refractivity contribution in [3.8, 4) is 11.1 Å². The second-order valence-electron chi connectivity index (χ2n) is 5.98. The number of nitrogen functional groups attached to an aromatic ring is 1. The first kappa shape index (κ1) is 13.9. The molecule has 0 spiro atoms. The van der Waals surface area contributed by atoms with Crippen molar-refractivity contribution in [3.05, 3.63) is 58.0 Å². The van der Waals surface area contributed by atoms with Crippen molar-refractivity contribution in [1.29, 1.82) is 0 Å². The normalized spacial score (nSPS) is 16.0. The number of hydrogen-bond acceptors (Lipinski definition) is 2. The van der Waals surface area contributed by atoms with Crippen molar-refractivity contribution >= 4 is 0 Å². The Hall–Kier alpha value is -2.03. The molecule has 3 rings (SSSR count). The third-order valence-corrected chi connectivity index (χ3v) is 4.63. The van der Waals surface area contributed by atoms with Crippen molar-refractivity contribution in [2.45, 2.75) is 44.9 Å². The first-order chi connectivity index (χ1) is 10.2. The maximum atomic E-state index is 12.3. The van der Waals surface area contributed by atoms with Gasteiger partial charge in [-0.2, -0.15) is 0 Å². The summed E-state index contributed by atoms with van der Waals surface area (Å²) in [7, 11) is 0. The molecule has 3 heteroatoms. The zero-order valence-corrected chi connectivity index (χ0v) is 12.5. The highest BCUT2D eigenvalue weighted by Gasteiger charge is 2.22. The maximum absolute atomic E-state index is 12.3. The minimum atomic E-state index is -0.111. The van der Waals surface area contributed by atoms with Crippen LogP contribution >= 0.6 is 0 Å². The number of rotatable bonds is 2.